The first kappa shape index (κ1) is 15.2. The van der Waals surface area contributed by atoms with E-state index in [1.165, 1.54) is 12.4 Å². The summed E-state index contributed by atoms with van der Waals surface area (Å²) >= 11 is 0. The Kier molecular flexibility index (Phi) is 4.83. The number of aliphatic carboxylic acids is 1. The zero-order valence-corrected chi connectivity index (χ0v) is 11.6. The lowest BCUT2D eigenvalue weighted by molar-refractivity contribution is -0.139. The highest BCUT2D eigenvalue weighted by Crippen LogP contribution is 2.11. The zero-order chi connectivity index (χ0) is 15.9. The van der Waals surface area contributed by atoms with Crippen LogP contribution in [0.25, 0.3) is 0 Å². The van der Waals surface area contributed by atoms with E-state index in [1.54, 1.807) is 36.4 Å². The molecule has 0 saturated heterocycles. The molecule has 6 heteroatoms. The van der Waals surface area contributed by atoms with Gasteiger partial charge in [-0.25, -0.2) is 4.79 Å². The van der Waals surface area contributed by atoms with Crippen LogP contribution in [-0.4, -0.2) is 28.0 Å². The standard InChI is InChI=1S/C16H13N3O3/c17-9-12-5-2-1-4-11(12)8-14(16(21)22)19-15(20)13-6-3-7-18-10-13/h1-7,10,14H,8H2,(H,19,20)(H,21,22)/t14-/m1/s1. The van der Waals surface area contributed by atoms with Gasteiger partial charge in [-0.3, -0.25) is 9.78 Å². The van der Waals surface area contributed by atoms with E-state index in [0.717, 1.165) is 0 Å². The van der Waals surface area contributed by atoms with Gasteiger partial charge in [0.15, 0.2) is 0 Å². The SMILES string of the molecule is N#Cc1ccccc1C[C@@H](NC(=O)c1cccnc1)C(=O)O. The molecule has 0 aliphatic carbocycles. The highest BCUT2D eigenvalue weighted by molar-refractivity contribution is 5.96. The number of pyridine rings is 1. The van der Waals surface area contributed by atoms with E-state index >= 15 is 0 Å². The summed E-state index contributed by atoms with van der Waals surface area (Å²) in [5, 5.41) is 20.8. The third-order valence-electron chi connectivity index (χ3n) is 3.09. The van der Waals surface area contributed by atoms with Gasteiger partial charge in [0.25, 0.3) is 5.91 Å². The summed E-state index contributed by atoms with van der Waals surface area (Å²) < 4.78 is 0. The van der Waals surface area contributed by atoms with Crippen LogP contribution in [0.5, 0.6) is 0 Å². The maximum atomic E-state index is 12.0. The molecule has 1 amide bonds. The Labute approximate surface area is 127 Å². The number of carboxylic acids is 1. The second-order valence-corrected chi connectivity index (χ2v) is 4.58. The van der Waals surface area contributed by atoms with Gasteiger partial charge in [0.1, 0.15) is 6.04 Å². The van der Waals surface area contributed by atoms with Crippen molar-refractivity contribution in [2.45, 2.75) is 12.5 Å². The molecule has 1 aromatic carbocycles. The fraction of sp³-hybridized carbons (Fsp3) is 0.125. The largest absolute Gasteiger partial charge is 0.480 e. The van der Waals surface area contributed by atoms with E-state index in [9.17, 15) is 14.7 Å². The predicted octanol–water partition coefficient (Wildman–Crippen LogP) is 1.38. The van der Waals surface area contributed by atoms with Gasteiger partial charge in [-0.1, -0.05) is 18.2 Å². The van der Waals surface area contributed by atoms with Gasteiger partial charge in [-0.2, -0.15) is 5.26 Å². The summed E-state index contributed by atoms with van der Waals surface area (Å²) in [6, 6.07) is 10.7. The topological polar surface area (TPSA) is 103 Å². The van der Waals surface area contributed by atoms with Crippen molar-refractivity contribution in [1.29, 1.82) is 5.26 Å². The van der Waals surface area contributed by atoms with E-state index in [-0.39, 0.29) is 12.0 Å². The second-order valence-electron chi connectivity index (χ2n) is 4.58. The van der Waals surface area contributed by atoms with Crippen LogP contribution < -0.4 is 5.32 Å². The number of hydrogen-bond donors (Lipinski definition) is 2. The molecule has 0 unspecified atom stereocenters. The molecule has 110 valence electrons. The van der Waals surface area contributed by atoms with Gasteiger partial charge >= 0.3 is 5.97 Å². The van der Waals surface area contributed by atoms with Crippen molar-refractivity contribution in [2.75, 3.05) is 0 Å². The molecule has 2 rings (SSSR count). The molecule has 22 heavy (non-hydrogen) atoms. The fourth-order valence-electron chi connectivity index (χ4n) is 1.97. The average molecular weight is 295 g/mol. The number of rotatable bonds is 5. The third-order valence-corrected chi connectivity index (χ3v) is 3.09. The van der Waals surface area contributed by atoms with Crippen LogP contribution in [-0.2, 0) is 11.2 Å². The van der Waals surface area contributed by atoms with Gasteiger partial charge < -0.3 is 10.4 Å². The maximum absolute atomic E-state index is 12.0. The number of carbonyl (C=O) groups is 2. The molecule has 1 aromatic heterocycles. The molecule has 0 bridgehead atoms. The van der Waals surface area contributed by atoms with Crippen LogP contribution in [0.15, 0.2) is 48.8 Å². The number of nitrogens with zero attached hydrogens (tertiary/aromatic N) is 2. The molecule has 2 aromatic rings. The molecular weight excluding hydrogens is 282 g/mol. The summed E-state index contributed by atoms with van der Waals surface area (Å²) in [6.45, 7) is 0. The van der Waals surface area contributed by atoms with Crippen molar-refractivity contribution < 1.29 is 14.7 Å². The average Bonchev–Trinajstić information content (AvgIpc) is 2.55. The predicted molar refractivity (Wildman–Crippen MR) is 78.0 cm³/mol. The minimum absolute atomic E-state index is 0.0328. The number of amides is 1. The van der Waals surface area contributed by atoms with Crippen LogP contribution in [0, 0.1) is 11.3 Å². The van der Waals surface area contributed by atoms with E-state index in [2.05, 4.69) is 10.3 Å². The minimum atomic E-state index is -1.16. The number of carbonyl (C=O) groups excluding carboxylic acids is 1. The molecule has 1 atom stereocenters. The summed E-state index contributed by atoms with van der Waals surface area (Å²) in [7, 11) is 0. The summed E-state index contributed by atoms with van der Waals surface area (Å²) in [6.07, 6.45) is 2.91. The van der Waals surface area contributed by atoms with Gasteiger partial charge in [0.2, 0.25) is 0 Å². The van der Waals surface area contributed by atoms with Gasteiger partial charge in [0.05, 0.1) is 17.2 Å². The summed E-state index contributed by atoms with van der Waals surface area (Å²) in [5.74, 6) is -1.68. The van der Waals surface area contributed by atoms with E-state index in [4.69, 9.17) is 5.26 Å². The second kappa shape index (κ2) is 6.99. The smallest absolute Gasteiger partial charge is 0.326 e. The van der Waals surface area contributed by atoms with E-state index in [1.807, 2.05) is 6.07 Å². The van der Waals surface area contributed by atoms with Crippen LogP contribution in [0.1, 0.15) is 21.5 Å². The summed E-state index contributed by atoms with van der Waals surface area (Å²) in [5.41, 5.74) is 1.25. The number of benzene rings is 1. The molecule has 0 saturated carbocycles. The Morgan fingerprint density at radius 1 is 1.27 bits per heavy atom. The number of nitriles is 1. The van der Waals surface area contributed by atoms with E-state index < -0.39 is 17.9 Å². The number of carboxylic acid groups (broad SMARTS) is 1. The molecular formula is C16H13N3O3. The van der Waals surface area contributed by atoms with E-state index in [0.29, 0.717) is 11.1 Å². The first-order chi connectivity index (χ1) is 10.6. The van der Waals surface area contributed by atoms with Gasteiger partial charge in [0, 0.05) is 18.8 Å². The first-order valence-corrected chi connectivity index (χ1v) is 6.53. The van der Waals surface area contributed by atoms with Crippen molar-refractivity contribution in [3.63, 3.8) is 0 Å². The highest BCUT2D eigenvalue weighted by Gasteiger charge is 2.22. The lowest BCUT2D eigenvalue weighted by Crippen LogP contribution is -2.42. The number of nitrogens with one attached hydrogen (secondary N) is 1. The van der Waals surface area contributed by atoms with Crippen molar-refractivity contribution in [3.05, 3.63) is 65.5 Å². The van der Waals surface area contributed by atoms with Crippen LogP contribution in [0.2, 0.25) is 0 Å². The lowest BCUT2D eigenvalue weighted by Gasteiger charge is -2.15. The Balaban J connectivity index is 2.16. The lowest BCUT2D eigenvalue weighted by atomic mass is 10.0. The quantitative estimate of drug-likeness (QED) is 0.867. The summed E-state index contributed by atoms with van der Waals surface area (Å²) in [4.78, 5) is 27.2. The molecule has 0 radical (unpaired) electrons. The van der Waals surface area contributed by atoms with Crippen molar-refractivity contribution >= 4 is 11.9 Å². The van der Waals surface area contributed by atoms with Crippen LogP contribution >= 0.6 is 0 Å². The molecule has 6 nitrogen and oxygen atoms in total. The Hall–Kier alpha value is -3.20. The fourth-order valence-corrected chi connectivity index (χ4v) is 1.97. The maximum Gasteiger partial charge on any atom is 0.326 e. The molecule has 2 N–H and O–H groups in total. The zero-order valence-electron chi connectivity index (χ0n) is 11.6. The third kappa shape index (κ3) is 3.67. The minimum Gasteiger partial charge on any atom is -0.480 e. The molecule has 0 aliphatic heterocycles. The Bertz CT molecular complexity index is 723. The van der Waals surface area contributed by atoms with Crippen molar-refractivity contribution in [1.82, 2.24) is 10.3 Å². The first-order valence-electron chi connectivity index (χ1n) is 6.53. The van der Waals surface area contributed by atoms with Crippen molar-refractivity contribution in [3.8, 4) is 6.07 Å². The van der Waals surface area contributed by atoms with Gasteiger partial charge in [-0.05, 0) is 23.8 Å². The Morgan fingerprint density at radius 2 is 2.05 bits per heavy atom. The highest BCUT2D eigenvalue weighted by atomic mass is 16.4. The number of hydrogen-bond acceptors (Lipinski definition) is 4. The van der Waals surface area contributed by atoms with Crippen LogP contribution in [0.4, 0.5) is 0 Å². The molecule has 0 aliphatic rings. The normalized spacial score (nSPS) is 11.2. The van der Waals surface area contributed by atoms with Crippen molar-refractivity contribution in [2.24, 2.45) is 0 Å². The molecule has 0 fully saturated rings. The molecule has 1 heterocycles. The van der Waals surface area contributed by atoms with Crippen LogP contribution in [0.3, 0.4) is 0 Å². The monoisotopic (exact) mass is 295 g/mol. The number of aromatic nitrogens is 1. The molecule has 0 spiro atoms. The Morgan fingerprint density at radius 3 is 2.68 bits per heavy atom. The van der Waals surface area contributed by atoms with Gasteiger partial charge in [-0.15, -0.1) is 0 Å².